The molecule has 0 unspecified atom stereocenters. The highest BCUT2D eigenvalue weighted by molar-refractivity contribution is 6.54. The third kappa shape index (κ3) is 3.60. The third-order valence-corrected chi connectivity index (χ3v) is 0.808. The molecule has 0 aromatic carbocycles. The van der Waals surface area contributed by atoms with Crippen LogP contribution in [0.2, 0.25) is 13.1 Å². The molecule has 0 fully saturated rings. The smallest absolute Gasteiger partial charge is 0.224 e. The highest BCUT2D eigenvalue weighted by atomic mass is 28.3. The molecular weight excluding hydrogens is 94.1 g/mol. The summed E-state index contributed by atoms with van der Waals surface area (Å²) < 4.78 is 3.42. The number of isocyanates is 1. The Balaban J connectivity index is 3.29. The first kappa shape index (κ1) is 5.60. The molecule has 6 heavy (non-hydrogen) atoms. The molecule has 1 radical (unpaired) electrons. The summed E-state index contributed by atoms with van der Waals surface area (Å²) in [5.74, 6) is 0. The average Bonchev–Trinajstić information content (AvgIpc) is 1.35. The molecule has 0 amide bonds. The molecule has 0 saturated heterocycles. The standard InChI is InChI=1S/C3H6NOSi/c1-6(2)4-3-5/h1-2H3. The van der Waals surface area contributed by atoms with Gasteiger partial charge in [0.05, 0.1) is 0 Å². The minimum absolute atomic E-state index is 0.684. The quantitative estimate of drug-likeness (QED) is 0.269. The molecule has 0 heterocycles. The summed E-state index contributed by atoms with van der Waals surface area (Å²) in [5, 5.41) is 0. The van der Waals surface area contributed by atoms with Gasteiger partial charge < -0.3 is 0 Å². The Kier molecular flexibility index (Phi) is 2.63. The van der Waals surface area contributed by atoms with Crippen LogP contribution in [0.4, 0.5) is 0 Å². The Morgan fingerprint density at radius 2 is 2.17 bits per heavy atom. The van der Waals surface area contributed by atoms with E-state index in [-0.39, 0.29) is 0 Å². The fourth-order valence-corrected chi connectivity index (χ4v) is 0.274. The van der Waals surface area contributed by atoms with Gasteiger partial charge >= 0.3 is 0 Å². The maximum atomic E-state index is 9.35. The predicted octanol–water partition coefficient (Wildman–Crippen LogP) is 0.573. The van der Waals surface area contributed by atoms with E-state index in [9.17, 15) is 4.79 Å². The van der Waals surface area contributed by atoms with E-state index >= 15 is 0 Å². The highest BCUT2D eigenvalue weighted by Crippen LogP contribution is 1.73. The molecule has 0 aliphatic heterocycles. The van der Waals surface area contributed by atoms with Crippen molar-refractivity contribution in [1.82, 2.24) is 0 Å². The van der Waals surface area contributed by atoms with Crippen LogP contribution in [0.5, 0.6) is 0 Å². The van der Waals surface area contributed by atoms with E-state index in [2.05, 4.69) is 4.66 Å². The molecule has 0 aliphatic rings. The van der Waals surface area contributed by atoms with Crippen molar-refractivity contribution in [3.63, 3.8) is 0 Å². The van der Waals surface area contributed by atoms with E-state index in [4.69, 9.17) is 0 Å². The van der Waals surface area contributed by atoms with Crippen molar-refractivity contribution in [1.29, 1.82) is 0 Å². The van der Waals surface area contributed by atoms with Gasteiger partial charge in [0.15, 0.2) is 0 Å². The monoisotopic (exact) mass is 100 g/mol. The molecule has 2 nitrogen and oxygen atoms in total. The minimum atomic E-state index is -0.684. The fourth-order valence-electron chi connectivity index (χ4n) is 0.0913. The van der Waals surface area contributed by atoms with Gasteiger partial charge in [-0.15, -0.1) is 0 Å². The molecular formula is C3H6NOSi. The molecule has 0 aromatic rings. The Bertz CT molecular complexity index is 74.9. The molecule has 0 rings (SSSR count). The van der Waals surface area contributed by atoms with E-state index in [1.807, 2.05) is 13.1 Å². The Hall–Kier alpha value is -0.403. The van der Waals surface area contributed by atoms with Crippen molar-refractivity contribution >= 4 is 15.0 Å². The zero-order valence-electron chi connectivity index (χ0n) is 3.86. The van der Waals surface area contributed by atoms with E-state index in [0.717, 1.165) is 0 Å². The van der Waals surface area contributed by atoms with Crippen LogP contribution in [0.3, 0.4) is 0 Å². The molecule has 0 saturated carbocycles. The first-order valence-electron chi connectivity index (χ1n) is 1.65. The lowest BCUT2D eigenvalue weighted by Gasteiger charge is -1.77. The summed E-state index contributed by atoms with van der Waals surface area (Å²) in [6.07, 6.45) is 1.49. The van der Waals surface area contributed by atoms with Gasteiger partial charge in [-0.05, 0) is 13.1 Å². The van der Waals surface area contributed by atoms with Gasteiger partial charge in [-0.3, -0.25) is 0 Å². The van der Waals surface area contributed by atoms with Crippen molar-refractivity contribution in [2.75, 3.05) is 0 Å². The first-order valence-corrected chi connectivity index (χ1v) is 4.10. The van der Waals surface area contributed by atoms with E-state index < -0.39 is 8.96 Å². The van der Waals surface area contributed by atoms with Crippen molar-refractivity contribution in [3.8, 4) is 0 Å². The van der Waals surface area contributed by atoms with Crippen LogP contribution >= 0.6 is 0 Å². The summed E-state index contributed by atoms with van der Waals surface area (Å²) in [4.78, 5) is 9.35. The van der Waals surface area contributed by atoms with Crippen LogP contribution in [0, 0.1) is 0 Å². The molecule has 0 spiro atoms. The summed E-state index contributed by atoms with van der Waals surface area (Å²) in [7, 11) is -0.684. The summed E-state index contributed by atoms with van der Waals surface area (Å²) in [5.41, 5.74) is 0. The van der Waals surface area contributed by atoms with Crippen molar-refractivity contribution in [2.45, 2.75) is 13.1 Å². The van der Waals surface area contributed by atoms with Crippen molar-refractivity contribution in [3.05, 3.63) is 0 Å². The molecule has 3 heteroatoms. The maximum absolute atomic E-state index is 9.35. The summed E-state index contributed by atoms with van der Waals surface area (Å²) in [6.45, 7) is 3.85. The second kappa shape index (κ2) is 2.81. The van der Waals surface area contributed by atoms with Gasteiger partial charge in [0.25, 0.3) is 0 Å². The van der Waals surface area contributed by atoms with Crippen LogP contribution in [0.15, 0.2) is 4.66 Å². The van der Waals surface area contributed by atoms with Gasteiger partial charge in [0.1, 0.15) is 0 Å². The summed E-state index contributed by atoms with van der Waals surface area (Å²) in [6, 6.07) is 0. The van der Waals surface area contributed by atoms with Crippen LogP contribution in [0.1, 0.15) is 0 Å². The molecule has 0 aliphatic carbocycles. The highest BCUT2D eigenvalue weighted by Gasteiger charge is 1.84. The second-order valence-corrected chi connectivity index (χ2v) is 3.27. The van der Waals surface area contributed by atoms with Gasteiger partial charge in [-0.1, -0.05) is 0 Å². The van der Waals surface area contributed by atoms with Gasteiger partial charge in [0.2, 0.25) is 15.0 Å². The summed E-state index contributed by atoms with van der Waals surface area (Å²) >= 11 is 0. The van der Waals surface area contributed by atoms with E-state index in [0.29, 0.717) is 0 Å². The zero-order valence-corrected chi connectivity index (χ0v) is 4.86. The first-order chi connectivity index (χ1) is 2.77. The normalized spacial score (nSPS) is 7.83. The average molecular weight is 100 g/mol. The maximum Gasteiger partial charge on any atom is 0.224 e. The predicted molar refractivity (Wildman–Crippen MR) is 25.6 cm³/mol. The molecule has 0 aromatic heterocycles. The van der Waals surface area contributed by atoms with Crippen LogP contribution < -0.4 is 0 Å². The zero-order chi connectivity index (χ0) is 4.99. The lowest BCUT2D eigenvalue weighted by atomic mass is 11.7. The third-order valence-electron chi connectivity index (χ3n) is 0.269. The number of carbonyl (C=O) groups excluding carboxylic acids is 1. The van der Waals surface area contributed by atoms with Gasteiger partial charge in [-0.25, -0.2) is 9.45 Å². The largest absolute Gasteiger partial charge is 0.249 e. The van der Waals surface area contributed by atoms with Crippen LogP contribution in [0.25, 0.3) is 0 Å². The van der Waals surface area contributed by atoms with Crippen molar-refractivity contribution in [2.24, 2.45) is 4.66 Å². The number of hydrogen-bond acceptors (Lipinski definition) is 2. The lowest BCUT2D eigenvalue weighted by Crippen LogP contribution is -1.90. The fraction of sp³-hybridized carbons (Fsp3) is 0.667. The van der Waals surface area contributed by atoms with E-state index in [1.165, 1.54) is 6.08 Å². The van der Waals surface area contributed by atoms with Crippen LogP contribution in [-0.2, 0) is 4.79 Å². The molecule has 0 bridgehead atoms. The van der Waals surface area contributed by atoms with Crippen LogP contribution in [-0.4, -0.2) is 15.0 Å². The van der Waals surface area contributed by atoms with Gasteiger partial charge in [-0.2, -0.15) is 0 Å². The van der Waals surface area contributed by atoms with E-state index in [1.54, 1.807) is 0 Å². The Morgan fingerprint density at radius 3 is 2.17 bits per heavy atom. The SMILES string of the molecule is C[Si](C)N=C=O. The minimum Gasteiger partial charge on any atom is -0.249 e. The molecule has 0 N–H and O–H groups in total. The lowest BCUT2D eigenvalue weighted by molar-refractivity contribution is 0.566. The Morgan fingerprint density at radius 1 is 1.67 bits per heavy atom. The number of nitrogens with zero attached hydrogens (tertiary/aromatic N) is 1. The second-order valence-electron chi connectivity index (χ2n) is 1.15. The Labute approximate surface area is 38.6 Å². The molecule has 0 atom stereocenters. The van der Waals surface area contributed by atoms with Gasteiger partial charge in [0, 0.05) is 0 Å². The number of rotatable bonds is 1. The molecule has 33 valence electrons. The topological polar surface area (TPSA) is 29.4 Å². The number of hydrogen-bond donors (Lipinski definition) is 0. The van der Waals surface area contributed by atoms with Crippen molar-refractivity contribution < 1.29 is 4.79 Å².